The zero-order chi connectivity index (χ0) is 12.7. The van der Waals surface area contributed by atoms with Crippen molar-refractivity contribution in [1.29, 1.82) is 0 Å². The second kappa shape index (κ2) is 7.57. The Morgan fingerprint density at radius 1 is 1.29 bits per heavy atom. The molecule has 2 nitrogen and oxygen atoms in total. The number of para-hydroxylation sites is 1. The van der Waals surface area contributed by atoms with Crippen molar-refractivity contribution in [2.45, 2.75) is 33.1 Å². The molecule has 2 N–H and O–H groups in total. The number of anilines is 1. The fourth-order valence-electron chi connectivity index (χ4n) is 2.05. The number of hydrogen-bond donors (Lipinski definition) is 1. The molecule has 0 radical (unpaired) electrons. The molecular weight excluding hydrogens is 232 g/mol. The van der Waals surface area contributed by atoms with Crippen LogP contribution in [0.1, 0.15) is 32.3 Å². The Kier molecular flexibility index (Phi) is 6.38. The molecule has 0 amide bonds. The number of nitrogens with zero attached hydrogens (tertiary/aromatic N) is 1. The molecule has 0 bridgehead atoms. The van der Waals surface area contributed by atoms with E-state index in [0.717, 1.165) is 24.5 Å². The molecule has 0 fully saturated rings. The van der Waals surface area contributed by atoms with E-state index in [9.17, 15) is 0 Å². The van der Waals surface area contributed by atoms with Crippen LogP contribution in [0.5, 0.6) is 0 Å². The van der Waals surface area contributed by atoms with Gasteiger partial charge in [-0.25, -0.2) is 0 Å². The molecule has 17 heavy (non-hydrogen) atoms. The van der Waals surface area contributed by atoms with Crippen LogP contribution in [0.25, 0.3) is 0 Å². The van der Waals surface area contributed by atoms with Gasteiger partial charge in [-0.15, -0.1) is 0 Å². The minimum atomic E-state index is 0.665. The molecular formula is C14H23ClN2. The van der Waals surface area contributed by atoms with Gasteiger partial charge in [0.2, 0.25) is 0 Å². The highest BCUT2D eigenvalue weighted by Crippen LogP contribution is 2.30. The molecule has 0 aliphatic rings. The maximum atomic E-state index is 6.34. The van der Waals surface area contributed by atoms with Crippen molar-refractivity contribution >= 4 is 17.3 Å². The van der Waals surface area contributed by atoms with E-state index in [1.807, 2.05) is 12.1 Å². The summed E-state index contributed by atoms with van der Waals surface area (Å²) in [6, 6.07) is 6.10. The smallest absolute Gasteiger partial charge is 0.0642 e. The summed E-state index contributed by atoms with van der Waals surface area (Å²) in [6.07, 6.45) is 3.28. The summed E-state index contributed by atoms with van der Waals surface area (Å²) in [5.41, 5.74) is 8.10. The average Bonchev–Trinajstić information content (AvgIpc) is 2.33. The lowest BCUT2D eigenvalue weighted by Gasteiger charge is -2.26. The molecule has 0 atom stereocenters. The van der Waals surface area contributed by atoms with Gasteiger partial charge in [0.15, 0.2) is 0 Å². The summed E-state index contributed by atoms with van der Waals surface area (Å²) in [5.74, 6) is 0. The molecule has 0 saturated carbocycles. The number of rotatable bonds is 7. The third-order valence-electron chi connectivity index (χ3n) is 2.96. The fourth-order valence-corrected chi connectivity index (χ4v) is 2.36. The van der Waals surface area contributed by atoms with Crippen molar-refractivity contribution in [1.82, 2.24) is 0 Å². The van der Waals surface area contributed by atoms with Crippen LogP contribution in [0, 0.1) is 0 Å². The average molecular weight is 255 g/mol. The van der Waals surface area contributed by atoms with Crippen LogP contribution in [0.3, 0.4) is 0 Å². The van der Waals surface area contributed by atoms with Gasteiger partial charge in [-0.2, -0.15) is 0 Å². The van der Waals surface area contributed by atoms with Gasteiger partial charge >= 0.3 is 0 Å². The summed E-state index contributed by atoms with van der Waals surface area (Å²) in [6.45, 7) is 7.10. The van der Waals surface area contributed by atoms with Gasteiger partial charge in [0.25, 0.3) is 0 Å². The van der Waals surface area contributed by atoms with Crippen LogP contribution in [0.15, 0.2) is 18.2 Å². The van der Waals surface area contributed by atoms with Crippen LogP contribution in [0.4, 0.5) is 5.69 Å². The van der Waals surface area contributed by atoms with Crippen LogP contribution in [-0.4, -0.2) is 19.6 Å². The maximum Gasteiger partial charge on any atom is 0.0642 e. The van der Waals surface area contributed by atoms with E-state index in [2.05, 4.69) is 24.8 Å². The summed E-state index contributed by atoms with van der Waals surface area (Å²) in [4.78, 5) is 2.36. The molecule has 1 aromatic rings. The number of nitrogens with two attached hydrogens (primary N) is 1. The van der Waals surface area contributed by atoms with Crippen molar-refractivity contribution in [3.63, 3.8) is 0 Å². The Bertz CT molecular complexity index is 339. The quantitative estimate of drug-likeness (QED) is 0.807. The summed E-state index contributed by atoms with van der Waals surface area (Å²) in [5, 5.41) is 0.842. The van der Waals surface area contributed by atoms with E-state index >= 15 is 0 Å². The van der Waals surface area contributed by atoms with Crippen molar-refractivity contribution in [2.75, 3.05) is 24.5 Å². The topological polar surface area (TPSA) is 29.3 Å². The Morgan fingerprint density at radius 3 is 2.65 bits per heavy atom. The zero-order valence-corrected chi connectivity index (χ0v) is 11.6. The van der Waals surface area contributed by atoms with Crippen LogP contribution in [-0.2, 0) is 6.42 Å². The minimum Gasteiger partial charge on any atom is -0.370 e. The summed E-state index contributed by atoms with van der Waals surface area (Å²) in [7, 11) is 0. The lowest BCUT2D eigenvalue weighted by molar-refractivity contribution is 0.728. The van der Waals surface area contributed by atoms with Gasteiger partial charge in [0.1, 0.15) is 0 Å². The Morgan fingerprint density at radius 2 is 2.06 bits per heavy atom. The molecule has 1 rings (SSSR count). The Balaban J connectivity index is 2.98. The molecule has 0 aliphatic heterocycles. The standard InChI is InChI=1S/C14H23ClN2/c1-3-5-11-17(4-2)14-12(9-10-16)7-6-8-13(14)15/h6-8H,3-5,9-11,16H2,1-2H3. The Hall–Kier alpha value is -0.730. The number of halogens is 1. The normalized spacial score (nSPS) is 10.6. The van der Waals surface area contributed by atoms with E-state index in [-0.39, 0.29) is 0 Å². The van der Waals surface area contributed by atoms with E-state index in [0.29, 0.717) is 6.54 Å². The molecule has 0 saturated heterocycles. The van der Waals surface area contributed by atoms with E-state index in [1.54, 1.807) is 0 Å². The monoisotopic (exact) mass is 254 g/mol. The lowest BCUT2D eigenvalue weighted by Crippen LogP contribution is -2.25. The van der Waals surface area contributed by atoms with Gasteiger partial charge in [0.05, 0.1) is 10.7 Å². The molecule has 0 spiro atoms. The first-order chi connectivity index (χ1) is 8.24. The molecule has 0 aromatic heterocycles. The van der Waals surface area contributed by atoms with Crippen LogP contribution >= 0.6 is 11.6 Å². The molecule has 1 aromatic carbocycles. The van der Waals surface area contributed by atoms with Gasteiger partial charge in [-0.1, -0.05) is 37.1 Å². The maximum absolute atomic E-state index is 6.34. The van der Waals surface area contributed by atoms with Crippen molar-refractivity contribution in [2.24, 2.45) is 5.73 Å². The predicted octanol–water partition coefficient (Wildman–Crippen LogP) is 3.47. The molecule has 0 heterocycles. The van der Waals surface area contributed by atoms with Crippen molar-refractivity contribution in [3.05, 3.63) is 28.8 Å². The Labute approximate surface area is 110 Å². The zero-order valence-electron chi connectivity index (χ0n) is 10.9. The van der Waals surface area contributed by atoms with Crippen LogP contribution in [0.2, 0.25) is 5.02 Å². The second-order valence-corrected chi connectivity index (χ2v) is 4.63. The largest absolute Gasteiger partial charge is 0.370 e. The predicted molar refractivity (Wildman–Crippen MR) is 77.0 cm³/mol. The van der Waals surface area contributed by atoms with Crippen LogP contribution < -0.4 is 10.6 Å². The first kappa shape index (κ1) is 14.3. The molecule has 96 valence electrons. The third kappa shape index (κ3) is 3.90. The van der Waals surface area contributed by atoms with Gasteiger partial charge in [0, 0.05) is 13.1 Å². The minimum absolute atomic E-state index is 0.665. The number of benzene rings is 1. The van der Waals surface area contributed by atoms with Gasteiger partial charge < -0.3 is 10.6 Å². The number of hydrogen-bond acceptors (Lipinski definition) is 2. The first-order valence-corrected chi connectivity index (χ1v) is 6.84. The first-order valence-electron chi connectivity index (χ1n) is 6.47. The lowest BCUT2D eigenvalue weighted by atomic mass is 10.1. The second-order valence-electron chi connectivity index (χ2n) is 4.22. The fraction of sp³-hybridized carbons (Fsp3) is 0.571. The highest BCUT2D eigenvalue weighted by atomic mass is 35.5. The molecule has 0 unspecified atom stereocenters. The van der Waals surface area contributed by atoms with Crippen molar-refractivity contribution < 1.29 is 0 Å². The summed E-state index contributed by atoms with van der Waals surface area (Å²) >= 11 is 6.34. The summed E-state index contributed by atoms with van der Waals surface area (Å²) < 4.78 is 0. The van der Waals surface area contributed by atoms with E-state index in [4.69, 9.17) is 17.3 Å². The third-order valence-corrected chi connectivity index (χ3v) is 3.27. The van der Waals surface area contributed by atoms with E-state index < -0.39 is 0 Å². The van der Waals surface area contributed by atoms with Gasteiger partial charge in [-0.3, -0.25) is 0 Å². The molecule has 3 heteroatoms. The van der Waals surface area contributed by atoms with Gasteiger partial charge in [-0.05, 0) is 37.9 Å². The number of unbranched alkanes of at least 4 members (excludes halogenated alkanes) is 1. The SMILES string of the molecule is CCCCN(CC)c1c(Cl)cccc1CCN. The van der Waals surface area contributed by atoms with Crippen molar-refractivity contribution in [3.8, 4) is 0 Å². The molecule has 0 aliphatic carbocycles. The highest BCUT2D eigenvalue weighted by Gasteiger charge is 2.12. The van der Waals surface area contributed by atoms with E-state index in [1.165, 1.54) is 24.1 Å². The highest BCUT2D eigenvalue weighted by molar-refractivity contribution is 6.33.